The second-order valence-corrected chi connectivity index (χ2v) is 8.06. The van der Waals surface area contributed by atoms with E-state index < -0.39 is 5.97 Å². The van der Waals surface area contributed by atoms with E-state index in [9.17, 15) is 14.9 Å². The number of nitrogens with one attached hydrogen (secondary N) is 1. The molecule has 2 aromatic rings. The molecule has 30 heavy (non-hydrogen) atoms. The van der Waals surface area contributed by atoms with Crippen LogP contribution in [0.3, 0.4) is 0 Å². The molecular formula is C23H27N3O3S. The van der Waals surface area contributed by atoms with Gasteiger partial charge < -0.3 is 10.1 Å². The number of carbonyl (C=O) groups is 2. The minimum Gasteiger partial charge on any atom is -0.462 e. The highest BCUT2D eigenvalue weighted by Crippen LogP contribution is 2.23. The number of nitriles is 1. The van der Waals surface area contributed by atoms with Gasteiger partial charge in [-0.15, -0.1) is 0 Å². The second kappa shape index (κ2) is 11.4. The van der Waals surface area contributed by atoms with Crippen molar-refractivity contribution < 1.29 is 14.3 Å². The number of ether oxygens (including phenoxy) is 1. The van der Waals surface area contributed by atoms with Crippen LogP contribution in [0.25, 0.3) is 0 Å². The van der Waals surface area contributed by atoms with Crippen molar-refractivity contribution in [3.8, 4) is 6.07 Å². The summed E-state index contributed by atoms with van der Waals surface area (Å²) in [6.45, 7) is 8.51. The number of nitrogens with zero attached hydrogens (tertiary/aromatic N) is 2. The topological polar surface area (TPSA) is 92.1 Å². The molecule has 0 aliphatic heterocycles. The zero-order valence-corrected chi connectivity index (χ0v) is 18.6. The molecule has 0 radical (unpaired) electrons. The SMILES string of the molecule is CCOC(=O)c1cc(C#N)c(SCC(=O)NCCc2ccc(C(C)C)cc2)nc1C. The van der Waals surface area contributed by atoms with E-state index in [4.69, 9.17) is 4.74 Å². The monoisotopic (exact) mass is 425 g/mol. The van der Waals surface area contributed by atoms with Crippen LogP contribution < -0.4 is 5.32 Å². The summed E-state index contributed by atoms with van der Waals surface area (Å²) in [6, 6.07) is 11.9. The Balaban J connectivity index is 1.88. The number of amides is 1. The number of thioether (sulfide) groups is 1. The Kier molecular flexibility index (Phi) is 8.88. The zero-order chi connectivity index (χ0) is 22.1. The maximum Gasteiger partial charge on any atom is 0.340 e. The van der Waals surface area contributed by atoms with Crippen LogP contribution in [-0.2, 0) is 16.0 Å². The third-order valence-corrected chi connectivity index (χ3v) is 5.51. The molecule has 6 nitrogen and oxygen atoms in total. The number of benzene rings is 1. The van der Waals surface area contributed by atoms with Crippen LogP contribution in [0.1, 0.15) is 59.4 Å². The molecule has 2 rings (SSSR count). The Bertz CT molecular complexity index is 934. The predicted octanol–water partition coefficient (Wildman–Crippen LogP) is 4.01. The van der Waals surface area contributed by atoms with Gasteiger partial charge in [-0.05, 0) is 43.4 Å². The maximum absolute atomic E-state index is 12.2. The van der Waals surface area contributed by atoms with Crippen LogP contribution >= 0.6 is 11.8 Å². The average molecular weight is 426 g/mol. The fourth-order valence-electron chi connectivity index (χ4n) is 2.79. The normalized spacial score (nSPS) is 10.5. The number of hydrogen-bond acceptors (Lipinski definition) is 6. The molecule has 0 spiro atoms. The maximum atomic E-state index is 12.2. The lowest BCUT2D eigenvalue weighted by Gasteiger charge is -2.10. The highest BCUT2D eigenvalue weighted by molar-refractivity contribution is 8.00. The van der Waals surface area contributed by atoms with E-state index in [1.807, 2.05) is 6.07 Å². The number of aryl methyl sites for hydroxylation is 1. The van der Waals surface area contributed by atoms with Crippen LogP contribution in [0.4, 0.5) is 0 Å². The van der Waals surface area contributed by atoms with Crippen LogP contribution in [0, 0.1) is 18.3 Å². The second-order valence-electron chi connectivity index (χ2n) is 7.09. The summed E-state index contributed by atoms with van der Waals surface area (Å²) in [6.07, 6.45) is 0.754. The Hall–Kier alpha value is -2.85. The predicted molar refractivity (Wildman–Crippen MR) is 118 cm³/mol. The van der Waals surface area contributed by atoms with Gasteiger partial charge in [-0.3, -0.25) is 4.79 Å². The molecule has 0 aliphatic carbocycles. The molecule has 158 valence electrons. The van der Waals surface area contributed by atoms with Gasteiger partial charge in [0.05, 0.1) is 29.2 Å². The van der Waals surface area contributed by atoms with Crippen molar-refractivity contribution in [2.45, 2.75) is 45.1 Å². The van der Waals surface area contributed by atoms with Crippen molar-refractivity contribution in [2.24, 2.45) is 0 Å². The molecule has 1 aromatic heterocycles. The molecule has 0 atom stereocenters. The first-order valence-electron chi connectivity index (χ1n) is 9.92. The van der Waals surface area contributed by atoms with Crippen molar-refractivity contribution in [1.29, 1.82) is 5.26 Å². The minimum absolute atomic E-state index is 0.128. The van der Waals surface area contributed by atoms with Crippen LogP contribution in [0.5, 0.6) is 0 Å². The summed E-state index contributed by atoms with van der Waals surface area (Å²) >= 11 is 1.18. The molecule has 0 bridgehead atoms. The molecule has 0 fully saturated rings. The smallest absolute Gasteiger partial charge is 0.340 e. The number of hydrogen-bond donors (Lipinski definition) is 1. The molecule has 1 N–H and O–H groups in total. The van der Waals surface area contributed by atoms with Crippen molar-refractivity contribution >= 4 is 23.6 Å². The Morgan fingerprint density at radius 3 is 2.57 bits per heavy atom. The van der Waals surface area contributed by atoms with E-state index in [-0.39, 0.29) is 29.4 Å². The van der Waals surface area contributed by atoms with Gasteiger partial charge in [0.2, 0.25) is 5.91 Å². The lowest BCUT2D eigenvalue weighted by atomic mass is 10.0. The molecule has 1 heterocycles. The van der Waals surface area contributed by atoms with E-state index >= 15 is 0 Å². The molecule has 0 unspecified atom stereocenters. The number of aromatic nitrogens is 1. The van der Waals surface area contributed by atoms with Crippen molar-refractivity contribution in [3.63, 3.8) is 0 Å². The molecule has 0 saturated heterocycles. The molecule has 0 aliphatic rings. The summed E-state index contributed by atoms with van der Waals surface area (Å²) in [5, 5.41) is 12.7. The van der Waals surface area contributed by atoms with Gasteiger partial charge in [0.25, 0.3) is 0 Å². The highest BCUT2D eigenvalue weighted by atomic mass is 32.2. The van der Waals surface area contributed by atoms with Crippen LogP contribution in [-0.4, -0.2) is 35.8 Å². The minimum atomic E-state index is -0.505. The van der Waals surface area contributed by atoms with Crippen molar-refractivity contribution in [2.75, 3.05) is 18.9 Å². The summed E-state index contributed by atoms with van der Waals surface area (Å²) in [4.78, 5) is 28.5. The first-order chi connectivity index (χ1) is 14.3. The van der Waals surface area contributed by atoms with Gasteiger partial charge in [0, 0.05) is 6.54 Å². The summed E-state index contributed by atoms with van der Waals surface area (Å²) in [5.41, 5.74) is 3.47. The summed E-state index contributed by atoms with van der Waals surface area (Å²) in [5.74, 6) is 0.00983. The first-order valence-corrected chi connectivity index (χ1v) is 10.9. The summed E-state index contributed by atoms with van der Waals surface area (Å²) in [7, 11) is 0. The van der Waals surface area contributed by atoms with Gasteiger partial charge in [0.15, 0.2) is 0 Å². The fourth-order valence-corrected chi connectivity index (χ4v) is 3.62. The van der Waals surface area contributed by atoms with Gasteiger partial charge in [-0.2, -0.15) is 5.26 Å². The lowest BCUT2D eigenvalue weighted by molar-refractivity contribution is -0.118. The first kappa shape index (κ1) is 23.4. The van der Waals surface area contributed by atoms with E-state index in [2.05, 4.69) is 48.4 Å². The lowest BCUT2D eigenvalue weighted by Crippen LogP contribution is -2.27. The summed E-state index contributed by atoms with van der Waals surface area (Å²) < 4.78 is 4.99. The zero-order valence-electron chi connectivity index (χ0n) is 17.8. The van der Waals surface area contributed by atoms with Crippen LogP contribution in [0.2, 0.25) is 0 Å². The van der Waals surface area contributed by atoms with Crippen LogP contribution in [0.15, 0.2) is 35.4 Å². The highest BCUT2D eigenvalue weighted by Gasteiger charge is 2.17. The third kappa shape index (κ3) is 6.60. The third-order valence-electron chi connectivity index (χ3n) is 4.52. The Morgan fingerprint density at radius 2 is 1.97 bits per heavy atom. The number of esters is 1. The molecule has 7 heteroatoms. The Morgan fingerprint density at radius 1 is 1.27 bits per heavy atom. The van der Waals surface area contributed by atoms with Gasteiger partial charge in [-0.25, -0.2) is 9.78 Å². The molecular weight excluding hydrogens is 398 g/mol. The van der Waals surface area contributed by atoms with Crippen molar-refractivity contribution in [3.05, 3.63) is 58.3 Å². The number of pyridine rings is 1. The largest absolute Gasteiger partial charge is 0.462 e. The fraction of sp³-hybridized carbons (Fsp3) is 0.391. The number of rotatable bonds is 9. The molecule has 0 saturated carbocycles. The van der Waals surface area contributed by atoms with Crippen molar-refractivity contribution in [1.82, 2.24) is 10.3 Å². The Labute approximate surface area is 182 Å². The van der Waals surface area contributed by atoms with Gasteiger partial charge in [0.1, 0.15) is 11.1 Å². The quantitative estimate of drug-likeness (QED) is 0.482. The van der Waals surface area contributed by atoms with E-state index in [0.717, 1.165) is 6.42 Å². The molecule has 1 aromatic carbocycles. The van der Waals surface area contributed by atoms with Gasteiger partial charge >= 0.3 is 5.97 Å². The van der Waals surface area contributed by atoms with E-state index in [0.29, 0.717) is 23.2 Å². The van der Waals surface area contributed by atoms with E-state index in [1.165, 1.54) is 29.0 Å². The van der Waals surface area contributed by atoms with Gasteiger partial charge in [-0.1, -0.05) is 49.9 Å². The average Bonchev–Trinajstić information content (AvgIpc) is 2.72. The van der Waals surface area contributed by atoms with E-state index in [1.54, 1.807) is 13.8 Å². The standard InChI is InChI=1S/C23H27N3O3S/c1-5-29-23(28)20-12-19(13-24)22(26-16(20)4)30-14-21(27)25-11-10-17-6-8-18(9-7-17)15(2)3/h6-9,12,15H,5,10-11,14H2,1-4H3,(H,25,27). The molecule has 1 amide bonds. The number of carbonyl (C=O) groups excluding carboxylic acids is 2.